The third kappa shape index (κ3) is 5.43. The largest absolute Gasteiger partial charge is 0.370 e. The number of nitrogens with one attached hydrogen (secondary N) is 1. The molecule has 2 heterocycles. The predicted molar refractivity (Wildman–Crippen MR) is 131 cm³/mol. The number of hydrogen-bond donors (Lipinski definition) is 1. The van der Waals surface area contributed by atoms with Crippen molar-refractivity contribution >= 4 is 29.9 Å². The summed E-state index contributed by atoms with van der Waals surface area (Å²) in [5, 5.41) is 3.36. The highest BCUT2D eigenvalue weighted by atomic mass is 127. The zero-order chi connectivity index (χ0) is 20.9. The zero-order valence-electron chi connectivity index (χ0n) is 17.7. The topological polar surface area (TPSA) is 54.7 Å². The molecule has 1 N–H and O–H groups in total. The van der Waals surface area contributed by atoms with Crippen molar-refractivity contribution in [2.75, 3.05) is 26.7 Å². The van der Waals surface area contributed by atoms with Gasteiger partial charge in [-0.2, -0.15) is 0 Å². The molecular weight excluding hydrogens is 508 g/mol. The fraction of sp³-hybridized carbons (Fsp3) is 0.304. The third-order valence-corrected chi connectivity index (χ3v) is 5.36. The fourth-order valence-electron chi connectivity index (χ4n) is 3.76. The van der Waals surface area contributed by atoms with Crippen molar-refractivity contribution in [1.29, 1.82) is 0 Å². The van der Waals surface area contributed by atoms with Crippen molar-refractivity contribution < 1.29 is 9.13 Å². The van der Waals surface area contributed by atoms with E-state index in [9.17, 15) is 4.39 Å². The Bertz CT molecular complexity index is 1020. The number of imidazole rings is 1. The van der Waals surface area contributed by atoms with Crippen LogP contribution in [-0.2, 0) is 11.3 Å². The summed E-state index contributed by atoms with van der Waals surface area (Å²) in [6.07, 6.45) is 4.94. The first-order valence-corrected chi connectivity index (χ1v) is 10.0. The molecule has 1 unspecified atom stereocenters. The highest BCUT2D eigenvalue weighted by molar-refractivity contribution is 14.0. The summed E-state index contributed by atoms with van der Waals surface area (Å²) in [6, 6.07) is 13.5. The minimum Gasteiger partial charge on any atom is -0.370 e. The van der Waals surface area contributed by atoms with E-state index in [0.717, 1.165) is 24.6 Å². The van der Waals surface area contributed by atoms with E-state index in [1.54, 1.807) is 42.5 Å². The number of nitrogens with zero attached hydrogens (tertiary/aromatic N) is 4. The summed E-state index contributed by atoms with van der Waals surface area (Å²) in [5.41, 5.74) is 3.76. The van der Waals surface area contributed by atoms with Crippen LogP contribution in [-0.4, -0.2) is 47.2 Å². The molecule has 0 aliphatic carbocycles. The average molecular weight is 535 g/mol. The van der Waals surface area contributed by atoms with Gasteiger partial charge in [-0.3, -0.25) is 4.99 Å². The number of halogens is 2. The molecule has 0 spiro atoms. The lowest BCUT2D eigenvalue weighted by Crippen LogP contribution is -2.48. The molecule has 4 rings (SSSR count). The lowest BCUT2D eigenvalue weighted by Gasteiger charge is -2.35. The summed E-state index contributed by atoms with van der Waals surface area (Å²) >= 11 is 0. The molecule has 6 nitrogen and oxygen atoms in total. The maximum Gasteiger partial charge on any atom is 0.194 e. The van der Waals surface area contributed by atoms with E-state index >= 15 is 0 Å². The summed E-state index contributed by atoms with van der Waals surface area (Å²) in [6.45, 7) is 4.70. The predicted octanol–water partition coefficient (Wildman–Crippen LogP) is 4.09. The molecule has 1 fully saturated rings. The summed E-state index contributed by atoms with van der Waals surface area (Å²) in [5.74, 6) is 0.504. The van der Waals surface area contributed by atoms with Gasteiger partial charge in [0, 0.05) is 32.5 Å². The molecule has 31 heavy (non-hydrogen) atoms. The first-order valence-electron chi connectivity index (χ1n) is 10.0. The van der Waals surface area contributed by atoms with Crippen molar-refractivity contribution in [1.82, 2.24) is 19.8 Å². The number of guanidine groups is 1. The molecule has 1 aliphatic heterocycles. The van der Waals surface area contributed by atoms with Crippen LogP contribution in [0.5, 0.6) is 0 Å². The van der Waals surface area contributed by atoms with Crippen LogP contribution in [0.1, 0.15) is 22.8 Å². The number of morpholine rings is 1. The van der Waals surface area contributed by atoms with Gasteiger partial charge in [0.05, 0.1) is 25.2 Å². The van der Waals surface area contributed by atoms with E-state index in [-0.39, 0.29) is 35.9 Å². The van der Waals surface area contributed by atoms with Gasteiger partial charge in [-0.1, -0.05) is 30.3 Å². The van der Waals surface area contributed by atoms with Crippen molar-refractivity contribution in [3.63, 3.8) is 0 Å². The lowest BCUT2D eigenvalue weighted by molar-refractivity contribution is -0.00833. The van der Waals surface area contributed by atoms with Crippen molar-refractivity contribution in [2.24, 2.45) is 4.99 Å². The Morgan fingerprint density at radius 2 is 2.13 bits per heavy atom. The van der Waals surface area contributed by atoms with Crippen LogP contribution in [0.15, 0.2) is 66.2 Å². The number of aliphatic imine (C=N–C) groups is 1. The van der Waals surface area contributed by atoms with Gasteiger partial charge in [0.25, 0.3) is 0 Å². The maximum absolute atomic E-state index is 14.5. The second kappa shape index (κ2) is 10.7. The first kappa shape index (κ1) is 23.2. The van der Waals surface area contributed by atoms with Crippen LogP contribution < -0.4 is 5.32 Å². The molecule has 1 aliphatic rings. The number of rotatable bonds is 4. The van der Waals surface area contributed by atoms with E-state index in [1.807, 2.05) is 18.2 Å². The van der Waals surface area contributed by atoms with Gasteiger partial charge in [0.2, 0.25) is 0 Å². The van der Waals surface area contributed by atoms with E-state index < -0.39 is 0 Å². The van der Waals surface area contributed by atoms with Crippen LogP contribution in [0.3, 0.4) is 0 Å². The highest BCUT2D eigenvalue weighted by Crippen LogP contribution is 2.25. The minimum atomic E-state index is -0.284. The molecule has 3 aromatic rings. The average Bonchev–Trinajstić information content (AvgIpc) is 3.29. The van der Waals surface area contributed by atoms with Crippen LogP contribution in [0.4, 0.5) is 4.39 Å². The van der Waals surface area contributed by atoms with Gasteiger partial charge in [-0.05, 0) is 35.7 Å². The molecule has 0 amide bonds. The number of aryl methyl sites for hydroxylation is 1. The van der Waals surface area contributed by atoms with E-state index in [1.165, 1.54) is 11.1 Å². The Kier molecular flexibility index (Phi) is 8.03. The smallest absolute Gasteiger partial charge is 0.194 e. The van der Waals surface area contributed by atoms with Gasteiger partial charge in [0.1, 0.15) is 11.9 Å². The third-order valence-electron chi connectivity index (χ3n) is 5.36. The number of aromatic nitrogens is 2. The van der Waals surface area contributed by atoms with Crippen LogP contribution >= 0.6 is 24.0 Å². The Labute approximate surface area is 199 Å². The second-order valence-corrected chi connectivity index (χ2v) is 7.32. The molecule has 8 heteroatoms. The monoisotopic (exact) mass is 535 g/mol. The molecule has 1 atom stereocenters. The first-order chi connectivity index (χ1) is 14.7. The minimum absolute atomic E-state index is 0. The summed E-state index contributed by atoms with van der Waals surface area (Å²) < 4.78 is 22.2. The fourth-order valence-corrected chi connectivity index (χ4v) is 3.76. The van der Waals surface area contributed by atoms with Crippen molar-refractivity contribution in [2.45, 2.75) is 19.6 Å². The molecule has 0 bridgehead atoms. The van der Waals surface area contributed by atoms with Gasteiger partial charge in [-0.25, -0.2) is 9.37 Å². The zero-order valence-corrected chi connectivity index (χ0v) is 20.0. The number of benzene rings is 2. The molecule has 164 valence electrons. The van der Waals surface area contributed by atoms with Crippen LogP contribution in [0, 0.1) is 12.7 Å². The summed E-state index contributed by atoms with van der Waals surface area (Å²) in [4.78, 5) is 10.6. The molecule has 2 aromatic carbocycles. The van der Waals surface area contributed by atoms with Gasteiger partial charge >= 0.3 is 0 Å². The van der Waals surface area contributed by atoms with Gasteiger partial charge < -0.3 is 19.5 Å². The SMILES string of the molecule is CN=C(NCc1ccc(-n2ccnc2)c(F)c1)N1CCOC(c2ccccc2C)C1.I. The standard InChI is InChI=1S/C23H26FN5O.HI/c1-17-5-3-4-6-19(17)22-15-28(11-12-30-22)23(25-2)27-14-18-7-8-21(20(24)13-18)29-10-9-26-16-29;/h3-10,13,16,22H,11-12,14-15H2,1-2H3,(H,25,27);1H. The number of ether oxygens (including phenoxy) is 1. The van der Waals surface area contributed by atoms with Gasteiger partial charge in [0.15, 0.2) is 5.96 Å². The lowest BCUT2D eigenvalue weighted by atomic mass is 10.0. The highest BCUT2D eigenvalue weighted by Gasteiger charge is 2.25. The Morgan fingerprint density at radius 1 is 1.29 bits per heavy atom. The number of hydrogen-bond acceptors (Lipinski definition) is 3. The molecule has 0 saturated carbocycles. The van der Waals surface area contributed by atoms with Crippen LogP contribution in [0.25, 0.3) is 5.69 Å². The normalized spacial score (nSPS) is 16.7. The Morgan fingerprint density at radius 3 is 2.84 bits per heavy atom. The quantitative estimate of drug-likeness (QED) is 0.311. The van der Waals surface area contributed by atoms with Crippen LogP contribution in [0.2, 0.25) is 0 Å². The van der Waals surface area contributed by atoms with E-state index in [0.29, 0.717) is 18.8 Å². The van der Waals surface area contributed by atoms with Crippen molar-refractivity contribution in [3.05, 3.63) is 83.7 Å². The van der Waals surface area contributed by atoms with E-state index in [2.05, 4.69) is 39.2 Å². The Hall–Kier alpha value is -2.46. The molecule has 1 aromatic heterocycles. The molecule has 1 saturated heterocycles. The Balaban J connectivity index is 0.00000272. The van der Waals surface area contributed by atoms with Crippen molar-refractivity contribution in [3.8, 4) is 5.69 Å². The maximum atomic E-state index is 14.5. The van der Waals surface area contributed by atoms with Gasteiger partial charge in [-0.15, -0.1) is 24.0 Å². The second-order valence-electron chi connectivity index (χ2n) is 7.32. The summed E-state index contributed by atoms with van der Waals surface area (Å²) in [7, 11) is 1.77. The molecule has 0 radical (unpaired) electrons. The van der Waals surface area contributed by atoms with E-state index in [4.69, 9.17) is 4.74 Å². The molecular formula is C23H27FIN5O.